The Hall–Kier alpha value is -2.31. The van der Waals surface area contributed by atoms with E-state index in [9.17, 15) is 14.7 Å². The van der Waals surface area contributed by atoms with Crippen molar-refractivity contribution in [3.63, 3.8) is 0 Å². The van der Waals surface area contributed by atoms with Crippen molar-refractivity contribution in [3.8, 4) is 0 Å². The van der Waals surface area contributed by atoms with Gasteiger partial charge in [-0.2, -0.15) is 0 Å². The third kappa shape index (κ3) is 4.08. The summed E-state index contributed by atoms with van der Waals surface area (Å²) < 4.78 is 0. The van der Waals surface area contributed by atoms with Crippen LogP contribution in [0.15, 0.2) is 36.5 Å². The molecule has 1 fully saturated rings. The van der Waals surface area contributed by atoms with Crippen LogP contribution in [0.3, 0.4) is 0 Å². The number of aromatic nitrogens is 1. The molecule has 1 N–H and O–H groups in total. The van der Waals surface area contributed by atoms with E-state index >= 15 is 0 Å². The minimum atomic E-state index is -1.03. The molecule has 1 aliphatic heterocycles. The van der Waals surface area contributed by atoms with Gasteiger partial charge in [0.05, 0.1) is 22.0 Å². The molecular formula is C18H17Cl2N3O3. The number of amides is 1. The first kappa shape index (κ1) is 18.5. The lowest BCUT2D eigenvalue weighted by Crippen LogP contribution is -2.49. The van der Waals surface area contributed by atoms with Gasteiger partial charge in [-0.25, -0.2) is 9.78 Å². The Kier molecular flexibility index (Phi) is 5.64. The number of pyridine rings is 1. The summed E-state index contributed by atoms with van der Waals surface area (Å²) in [6.07, 6.45) is 1.62. The number of carboxylic acids is 1. The van der Waals surface area contributed by atoms with E-state index in [0.29, 0.717) is 47.6 Å². The van der Waals surface area contributed by atoms with Gasteiger partial charge in [-0.05, 0) is 17.7 Å². The molecule has 0 bridgehead atoms. The molecule has 0 saturated carbocycles. The molecule has 0 aliphatic carbocycles. The second-order valence-electron chi connectivity index (χ2n) is 5.97. The van der Waals surface area contributed by atoms with Gasteiger partial charge in [0.1, 0.15) is 5.82 Å². The van der Waals surface area contributed by atoms with Crippen molar-refractivity contribution in [1.29, 1.82) is 0 Å². The first-order valence-corrected chi connectivity index (χ1v) is 8.86. The Balaban J connectivity index is 1.63. The predicted octanol–water partition coefficient (Wildman–Crippen LogP) is 2.98. The van der Waals surface area contributed by atoms with E-state index in [4.69, 9.17) is 23.2 Å². The van der Waals surface area contributed by atoms with Crippen molar-refractivity contribution in [2.75, 3.05) is 31.1 Å². The van der Waals surface area contributed by atoms with Crippen molar-refractivity contribution < 1.29 is 14.7 Å². The molecule has 3 rings (SSSR count). The Labute approximate surface area is 161 Å². The number of carbonyl (C=O) groups is 2. The van der Waals surface area contributed by atoms with Crippen molar-refractivity contribution >= 4 is 40.9 Å². The van der Waals surface area contributed by atoms with Gasteiger partial charge in [0.25, 0.3) is 0 Å². The summed E-state index contributed by atoms with van der Waals surface area (Å²) >= 11 is 12.1. The number of rotatable bonds is 4. The van der Waals surface area contributed by atoms with Crippen LogP contribution in [-0.2, 0) is 11.2 Å². The van der Waals surface area contributed by atoms with Crippen molar-refractivity contribution in [2.24, 2.45) is 0 Å². The van der Waals surface area contributed by atoms with Crippen molar-refractivity contribution in [1.82, 2.24) is 9.88 Å². The molecule has 26 heavy (non-hydrogen) atoms. The first-order chi connectivity index (χ1) is 12.5. The van der Waals surface area contributed by atoms with E-state index in [-0.39, 0.29) is 17.9 Å². The standard InChI is InChI=1S/C18H17Cl2N3O3/c19-13-10-15(20)17(21-11-13)23-7-5-22(6-8-23)16(24)9-12-3-1-2-4-14(12)18(25)26/h1-4,10-11H,5-9H2,(H,25,26). The number of carbonyl (C=O) groups excluding carboxylic acids is 1. The molecule has 0 atom stereocenters. The number of halogens is 2. The SMILES string of the molecule is O=C(O)c1ccccc1CC(=O)N1CCN(c2ncc(Cl)cc2Cl)CC1. The van der Waals surface area contributed by atoms with Crippen LogP contribution in [0.25, 0.3) is 0 Å². The number of carboxylic acid groups (broad SMARTS) is 1. The van der Waals surface area contributed by atoms with Crippen LogP contribution in [0.2, 0.25) is 10.0 Å². The number of hydrogen-bond acceptors (Lipinski definition) is 4. The van der Waals surface area contributed by atoms with Crippen LogP contribution in [0.5, 0.6) is 0 Å². The molecule has 8 heteroatoms. The van der Waals surface area contributed by atoms with Crippen molar-refractivity contribution in [2.45, 2.75) is 6.42 Å². The number of hydrogen-bond donors (Lipinski definition) is 1. The topological polar surface area (TPSA) is 73.7 Å². The van der Waals surface area contributed by atoms with E-state index in [0.717, 1.165) is 0 Å². The molecule has 2 heterocycles. The molecule has 6 nitrogen and oxygen atoms in total. The maximum atomic E-state index is 12.6. The summed E-state index contributed by atoms with van der Waals surface area (Å²) in [5, 5.41) is 10.2. The van der Waals surface area contributed by atoms with Gasteiger partial charge in [0, 0.05) is 32.4 Å². The Morgan fingerprint density at radius 2 is 1.81 bits per heavy atom. The molecule has 1 aromatic carbocycles. The normalized spacial score (nSPS) is 14.4. The molecule has 1 aliphatic rings. The second kappa shape index (κ2) is 7.93. The molecular weight excluding hydrogens is 377 g/mol. The van der Waals surface area contributed by atoms with Gasteiger partial charge in [-0.1, -0.05) is 41.4 Å². The highest BCUT2D eigenvalue weighted by molar-refractivity contribution is 6.36. The zero-order valence-corrected chi connectivity index (χ0v) is 15.4. The highest BCUT2D eigenvalue weighted by atomic mass is 35.5. The fourth-order valence-electron chi connectivity index (χ4n) is 2.97. The maximum Gasteiger partial charge on any atom is 0.335 e. The average molecular weight is 394 g/mol. The quantitative estimate of drug-likeness (QED) is 0.863. The molecule has 0 unspecified atom stereocenters. The third-order valence-corrected chi connectivity index (χ3v) is 4.79. The molecule has 0 spiro atoms. The molecule has 1 amide bonds. The second-order valence-corrected chi connectivity index (χ2v) is 6.81. The Morgan fingerprint density at radius 3 is 2.46 bits per heavy atom. The zero-order chi connectivity index (χ0) is 18.7. The van der Waals surface area contributed by atoms with Crippen LogP contribution >= 0.6 is 23.2 Å². The van der Waals surface area contributed by atoms with Crippen LogP contribution in [-0.4, -0.2) is 53.0 Å². The van der Waals surface area contributed by atoms with Gasteiger partial charge < -0.3 is 14.9 Å². The summed E-state index contributed by atoms with van der Waals surface area (Å²) in [6, 6.07) is 8.22. The molecule has 2 aromatic rings. The number of anilines is 1. The number of piperazine rings is 1. The van der Waals surface area contributed by atoms with Crippen LogP contribution < -0.4 is 4.90 Å². The fraction of sp³-hybridized carbons (Fsp3) is 0.278. The Bertz CT molecular complexity index is 836. The minimum Gasteiger partial charge on any atom is -0.478 e. The van der Waals surface area contributed by atoms with Crippen LogP contribution in [0, 0.1) is 0 Å². The molecule has 136 valence electrons. The highest BCUT2D eigenvalue weighted by Crippen LogP contribution is 2.26. The van der Waals surface area contributed by atoms with Gasteiger partial charge in [-0.15, -0.1) is 0 Å². The van der Waals surface area contributed by atoms with Crippen LogP contribution in [0.1, 0.15) is 15.9 Å². The molecule has 1 aromatic heterocycles. The summed E-state index contributed by atoms with van der Waals surface area (Å²) in [5.41, 5.74) is 0.687. The van der Waals surface area contributed by atoms with Crippen molar-refractivity contribution in [3.05, 3.63) is 57.7 Å². The van der Waals surface area contributed by atoms with E-state index < -0.39 is 5.97 Å². The van der Waals surface area contributed by atoms with Crippen LogP contribution in [0.4, 0.5) is 5.82 Å². The molecule has 1 saturated heterocycles. The zero-order valence-electron chi connectivity index (χ0n) is 13.9. The largest absolute Gasteiger partial charge is 0.478 e. The van der Waals surface area contributed by atoms with Gasteiger partial charge >= 0.3 is 5.97 Å². The number of nitrogens with zero attached hydrogens (tertiary/aromatic N) is 3. The summed E-state index contributed by atoms with van der Waals surface area (Å²) in [5.74, 6) is -0.463. The van der Waals surface area contributed by atoms with Gasteiger partial charge in [-0.3, -0.25) is 4.79 Å². The predicted molar refractivity (Wildman–Crippen MR) is 100 cm³/mol. The smallest absolute Gasteiger partial charge is 0.335 e. The van der Waals surface area contributed by atoms with E-state index in [1.807, 2.05) is 4.90 Å². The van der Waals surface area contributed by atoms with Gasteiger partial charge in [0.2, 0.25) is 5.91 Å². The monoisotopic (exact) mass is 393 g/mol. The lowest BCUT2D eigenvalue weighted by atomic mass is 10.0. The number of benzene rings is 1. The third-order valence-electron chi connectivity index (χ3n) is 4.31. The van der Waals surface area contributed by atoms with E-state index in [1.54, 1.807) is 35.4 Å². The lowest BCUT2D eigenvalue weighted by molar-refractivity contribution is -0.130. The van der Waals surface area contributed by atoms with E-state index in [1.165, 1.54) is 6.07 Å². The Morgan fingerprint density at radius 1 is 1.12 bits per heavy atom. The first-order valence-electron chi connectivity index (χ1n) is 8.10. The number of aromatic carboxylic acids is 1. The summed E-state index contributed by atoms with van der Waals surface area (Å²) in [4.78, 5) is 31.8. The summed E-state index contributed by atoms with van der Waals surface area (Å²) in [6.45, 7) is 2.24. The maximum absolute atomic E-state index is 12.6. The van der Waals surface area contributed by atoms with E-state index in [2.05, 4.69) is 4.98 Å². The van der Waals surface area contributed by atoms with Gasteiger partial charge in [0.15, 0.2) is 0 Å². The average Bonchev–Trinajstić information content (AvgIpc) is 2.62. The lowest BCUT2D eigenvalue weighted by Gasteiger charge is -2.35. The minimum absolute atomic E-state index is 0.0718. The highest BCUT2D eigenvalue weighted by Gasteiger charge is 2.24. The summed E-state index contributed by atoms with van der Waals surface area (Å²) in [7, 11) is 0. The fourth-order valence-corrected chi connectivity index (χ4v) is 3.47. The molecule has 0 radical (unpaired) electrons.